The number of methoxy groups -OCH3 is 1. The van der Waals surface area contributed by atoms with E-state index in [0.717, 1.165) is 23.7 Å². The van der Waals surface area contributed by atoms with Crippen LogP contribution < -0.4 is 10.1 Å². The molecule has 0 unspecified atom stereocenters. The van der Waals surface area contributed by atoms with Crippen LogP contribution in [-0.2, 0) is 13.6 Å². The average Bonchev–Trinajstić information content (AvgIpc) is 2.81. The lowest BCUT2D eigenvalue weighted by atomic mass is 10.1. The van der Waals surface area contributed by atoms with E-state index in [0.29, 0.717) is 0 Å². The normalized spacial score (nSPS) is 12.4. The molecule has 4 nitrogen and oxygen atoms in total. The van der Waals surface area contributed by atoms with Crippen LogP contribution in [0.25, 0.3) is 0 Å². The summed E-state index contributed by atoms with van der Waals surface area (Å²) in [7, 11) is 3.70. The van der Waals surface area contributed by atoms with Crippen LogP contribution in [0.3, 0.4) is 0 Å². The molecule has 18 heavy (non-hydrogen) atoms. The minimum Gasteiger partial charge on any atom is -0.496 e. The van der Waals surface area contributed by atoms with Crippen LogP contribution in [0, 0.1) is 0 Å². The predicted molar refractivity (Wildman–Crippen MR) is 71.5 cm³/mol. The van der Waals surface area contributed by atoms with Gasteiger partial charge in [0.05, 0.1) is 13.7 Å². The second-order valence-corrected chi connectivity index (χ2v) is 4.30. The average molecular weight is 245 g/mol. The summed E-state index contributed by atoms with van der Waals surface area (Å²) >= 11 is 0. The molecule has 0 aliphatic rings. The van der Waals surface area contributed by atoms with Gasteiger partial charge in [0, 0.05) is 31.0 Å². The molecule has 0 saturated carbocycles. The van der Waals surface area contributed by atoms with Gasteiger partial charge in [-0.3, -0.25) is 0 Å². The van der Waals surface area contributed by atoms with Crippen molar-refractivity contribution in [2.45, 2.75) is 19.5 Å². The molecule has 0 aliphatic carbocycles. The zero-order valence-corrected chi connectivity index (χ0v) is 11.1. The summed E-state index contributed by atoms with van der Waals surface area (Å²) in [5.41, 5.74) is 1.16. The van der Waals surface area contributed by atoms with Crippen molar-refractivity contribution in [2.24, 2.45) is 7.05 Å². The number of rotatable bonds is 5. The van der Waals surface area contributed by atoms with E-state index >= 15 is 0 Å². The van der Waals surface area contributed by atoms with Crippen molar-refractivity contribution in [3.8, 4) is 5.75 Å². The van der Waals surface area contributed by atoms with Gasteiger partial charge in [-0.2, -0.15) is 0 Å². The molecular formula is C14H19N3O. The lowest BCUT2D eigenvalue weighted by Gasteiger charge is -2.17. The van der Waals surface area contributed by atoms with Gasteiger partial charge in [-0.05, 0) is 13.0 Å². The molecule has 1 heterocycles. The maximum atomic E-state index is 5.37. The van der Waals surface area contributed by atoms with E-state index in [1.54, 1.807) is 7.11 Å². The third-order valence-corrected chi connectivity index (χ3v) is 3.09. The summed E-state index contributed by atoms with van der Waals surface area (Å²) in [6.45, 7) is 2.86. The zero-order valence-electron chi connectivity index (χ0n) is 11.1. The Hall–Kier alpha value is -1.81. The van der Waals surface area contributed by atoms with Gasteiger partial charge < -0.3 is 14.6 Å². The number of aryl methyl sites for hydroxylation is 1. The fourth-order valence-electron chi connectivity index (χ4n) is 1.95. The molecule has 1 N–H and O–H groups in total. The van der Waals surface area contributed by atoms with Crippen LogP contribution in [0.5, 0.6) is 5.75 Å². The van der Waals surface area contributed by atoms with Crippen molar-refractivity contribution >= 4 is 0 Å². The molecule has 4 heteroatoms. The molecule has 0 bridgehead atoms. The number of ether oxygens (including phenoxy) is 1. The largest absolute Gasteiger partial charge is 0.496 e. The standard InChI is InChI=1S/C14H19N3O/c1-11(12-6-4-5-7-13(12)18-3)16-10-14-15-8-9-17(14)2/h4-9,11,16H,10H2,1-3H3/t11-/m1/s1. The quantitative estimate of drug-likeness (QED) is 0.878. The number of nitrogens with one attached hydrogen (secondary N) is 1. The maximum Gasteiger partial charge on any atom is 0.123 e. The van der Waals surface area contributed by atoms with E-state index in [1.807, 2.05) is 42.2 Å². The number of hydrogen-bond donors (Lipinski definition) is 1. The molecule has 0 saturated heterocycles. The highest BCUT2D eigenvalue weighted by atomic mass is 16.5. The summed E-state index contributed by atoms with van der Waals surface area (Å²) in [4.78, 5) is 4.29. The van der Waals surface area contributed by atoms with E-state index < -0.39 is 0 Å². The first-order valence-electron chi connectivity index (χ1n) is 6.05. The summed E-state index contributed by atoms with van der Waals surface area (Å²) in [5.74, 6) is 1.94. The van der Waals surface area contributed by atoms with Gasteiger partial charge in [0.1, 0.15) is 11.6 Å². The number of aromatic nitrogens is 2. The summed E-state index contributed by atoms with van der Waals surface area (Å²) in [6, 6.07) is 8.28. The Bertz CT molecular complexity index is 507. The highest BCUT2D eigenvalue weighted by Gasteiger charge is 2.10. The van der Waals surface area contributed by atoms with Crippen LogP contribution in [0.1, 0.15) is 24.4 Å². The minimum atomic E-state index is 0.220. The molecule has 0 fully saturated rings. The van der Waals surface area contributed by atoms with E-state index in [2.05, 4.69) is 23.3 Å². The van der Waals surface area contributed by atoms with E-state index in [1.165, 1.54) is 0 Å². The molecule has 0 spiro atoms. The van der Waals surface area contributed by atoms with Gasteiger partial charge in [0.25, 0.3) is 0 Å². The first kappa shape index (κ1) is 12.6. The molecule has 1 aromatic heterocycles. The number of para-hydroxylation sites is 1. The number of benzene rings is 1. The van der Waals surface area contributed by atoms with Crippen LogP contribution in [0.2, 0.25) is 0 Å². The third-order valence-electron chi connectivity index (χ3n) is 3.09. The first-order chi connectivity index (χ1) is 8.72. The Morgan fingerprint density at radius 2 is 2.17 bits per heavy atom. The Morgan fingerprint density at radius 1 is 1.39 bits per heavy atom. The topological polar surface area (TPSA) is 39.1 Å². The Balaban J connectivity index is 2.03. The number of nitrogens with zero attached hydrogens (tertiary/aromatic N) is 2. The van der Waals surface area contributed by atoms with Crippen LogP contribution in [0.4, 0.5) is 0 Å². The third kappa shape index (κ3) is 2.71. The monoisotopic (exact) mass is 245 g/mol. The number of imidazole rings is 1. The van der Waals surface area contributed by atoms with Crippen molar-refractivity contribution in [3.05, 3.63) is 48.0 Å². The van der Waals surface area contributed by atoms with Gasteiger partial charge >= 0.3 is 0 Å². The SMILES string of the molecule is COc1ccccc1[C@@H](C)NCc1nccn1C. The molecule has 0 radical (unpaired) electrons. The van der Waals surface area contributed by atoms with Crippen LogP contribution in [-0.4, -0.2) is 16.7 Å². The molecule has 0 amide bonds. The Kier molecular flexibility index (Phi) is 3.99. The Labute approximate surface area is 108 Å². The van der Waals surface area contributed by atoms with Crippen molar-refractivity contribution in [1.29, 1.82) is 0 Å². The van der Waals surface area contributed by atoms with Crippen molar-refractivity contribution in [2.75, 3.05) is 7.11 Å². The smallest absolute Gasteiger partial charge is 0.123 e. The lowest BCUT2D eigenvalue weighted by Crippen LogP contribution is -2.20. The molecule has 96 valence electrons. The van der Waals surface area contributed by atoms with Gasteiger partial charge in [0.2, 0.25) is 0 Å². The fourth-order valence-corrected chi connectivity index (χ4v) is 1.95. The second kappa shape index (κ2) is 5.69. The summed E-state index contributed by atoms with van der Waals surface area (Å²) in [6.07, 6.45) is 3.76. The van der Waals surface area contributed by atoms with Crippen molar-refractivity contribution < 1.29 is 4.74 Å². The van der Waals surface area contributed by atoms with Gasteiger partial charge in [-0.25, -0.2) is 4.98 Å². The van der Waals surface area contributed by atoms with Crippen LogP contribution >= 0.6 is 0 Å². The fraction of sp³-hybridized carbons (Fsp3) is 0.357. The highest BCUT2D eigenvalue weighted by Crippen LogP contribution is 2.24. The molecule has 2 aromatic rings. The second-order valence-electron chi connectivity index (χ2n) is 4.30. The highest BCUT2D eigenvalue weighted by molar-refractivity contribution is 5.35. The molecular weight excluding hydrogens is 226 g/mol. The molecule has 1 aromatic carbocycles. The first-order valence-corrected chi connectivity index (χ1v) is 6.05. The van der Waals surface area contributed by atoms with Gasteiger partial charge in [0.15, 0.2) is 0 Å². The molecule has 2 rings (SSSR count). The lowest BCUT2D eigenvalue weighted by molar-refractivity contribution is 0.401. The maximum absolute atomic E-state index is 5.37. The van der Waals surface area contributed by atoms with Crippen molar-refractivity contribution in [3.63, 3.8) is 0 Å². The van der Waals surface area contributed by atoms with E-state index in [4.69, 9.17) is 4.74 Å². The zero-order chi connectivity index (χ0) is 13.0. The predicted octanol–water partition coefficient (Wildman–Crippen LogP) is 2.28. The van der Waals surface area contributed by atoms with Crippen LogP contribution in [0.15, 0.2) is 36.7 Å². The van der Waals surface area contributed by atoms with Crippen molar-refractivity contribution in [1.82, 2.24) is 14.9 Å². The summed E-state index contributed by atoms with van der Waals surface area (Å²) in [5, 5.41) is 3.45. The van der Waals surface area contributed by atoms with Gasteiger partial charge in [-0.1, -0.05) is 18.2 Å². The van der Waals surface area contributed by atoms with E-state index in [9.17, 15) is 0 Å². The van der Waals surface area contributed by atoms with E-state index in [-0.39, 0.29) is 6.04 Å². The molecule has 1 atom stereocenters. The number of hydrogen-bond acceptors (Lipinski definition) is 3. The van der Waals surface area contributed by atoms with Gasteiger partial charge in [-0.15, -0.1) is 0 Å². The molecule has 0 aliphatic heterocycles. The minimum absolute atomic E-state index is 0.220. The summed E-state index contributed by atoms with van der Waals surface area (Å²) < 4.78 is 7.38. The Morgan fingerprint density at radius 3 is 2.83 bits per heavy atom.